The number of aromatic hydroxyl groups is 1. The summed E-state index contributed by atoms with van der Waals surface area (Å²) in [6.45, 7) is 4.90. The molecule has 0 radical (unpaired) electrons. The molecule has 0 spiro atoms. The number of nitrogens with two attached hydrogens (primary N) is 1. The molecule has 1 heterocycles. The summed E-state index contributed by atoms with van der Waals surface area (Å²) in [4.78, 5) is 14.0. The highest BCUT2D eigenvalue weighted by molar-refractivity contribution is 5.98. The smallest absolute Gasteiger partial charge is 0.230 e. The highest BCUT2D eigenvalue weighted by atomic mass is 16.3. The van der Waals surface area contributed by atoms with E-state index < -0.39 is 0 Å². The number of anilines is 1. The van der Waals surface area contributed by atoms with Crippen molar-refractivity contribution in [3.63, 3.8) is 0 Å². The largest absolute Gasteiger partial charge is 0.507 e. The molecule has 1 unspecified atom stereocenters. The van der Waals surface area contributed by atoms with Gasteiger partial charge in [-0.05, 0) is 25.8 Å². The summed E-state index contributed by atoms with van der Waals surface area (Å²) in [5.41, 5.74) is 8.05. The summed E-state index contributed by atoms with van der Waals surface area (Å²) in [5.74, 6) is 0.392. The third-order valence-corrected chi connectivity index (χ3v) is 3.73. The van der Waals surface area contributed by atoms with Crippen LogP contribution in [-0.4, -0.2) is 17.6 Å². The van der Waals surface area contributed by atoms with Crippen LogP contribution in [0.4, 0.5) is 5.69 Å². The van der Waals surface area contributed by atoms with E-state index in [4.69, 9.17) is 5.73 Å². The second-order valence-electron chi connectivity index (χ2n) is 4.67. The number of amides is 1. The molecule has 3 N–H and O–H groups in total. The van der Waals surface area contributed by atoms with Crippen LogP contribution < -0.4 is 10.6 Å². The Hall–Kier alpha value is -1.55. The molecule has 4 nitrogen and oxygen atoms in total. The fraction of sp³-hybridized carbons (Fsp3) is 0.500. The molecule has 0 bridgehead atoms. The van der Waals surface area contributed by atoms with Crippen molar-refractivity contribution in [2.24, 2.45) is 11.7 Å². The predicted molar refractivity (Wildman–Crippen MR) is 71.5 cm³/mol. The number of benzene rings is 1. The lowest BCUT2D eigenvalue weighted by molar-refractivity contribution is -0.122. The van der Waals surface area contributed by atoms with Crippen LogP contribution in [0.5, 0.6) is 5.75 Å². The number of nitrogens with zero attached hydrogens (tertiary/aromatic N) is 1. The molecule has 1 aliphatic rings. The van der Waals surface area contributed by atoms with E-state index in [2.05, 4.69) is 0 Å². The zero-order chi connectivity index (χ0) is 13.3. The van der Waals surface area contributed by atoms with Gasteiger partial charge in [0.05, 0.1) is 5.69 Å². The summed E-state index contributed by atoms with van der Waals surface area (Å²) in [7, 11) is 0. The number of carbonyl (C=O) groups is 1. The summed E-state index contributed by atoms with van der Waals surface area (Å²) in [5, 5.41) is 10.2. The van der Waals surface area contributed by atoms with Gasteiger partial charge in [-0.3, -0.25) is 4.79 Å². The van der Waals surface area contributed by atoms with E-state index in [1.807, 2.05) is 19.9 Å². The molecule has 98 valence electrons. The van der Waals surface area contributed by atoms with Gasteiger partial charge < -0.3 is 15.7 Å². The predicted octanol–water partition coefficient (Wildman–Crippen LogP) is 1.79. The first-order valence-corrected chi connectivity index (χ1v) is 6.49. The van der Waals surface area contributed by atoms with E-state index in [1.165, 1.54) is 0 Å². The third-order valence-electron chi connectivity index (χ3n) is 3.73. The van der Waals surface area contributed by atoms with E-state index in [0.717, 1.165) is 23.2 Å². The normalized spacial score (nSPS) is 18.9. The van der Waals surface area contributed by atoms with Gasteiger partial charge >= 0.3 is 0 Å². The van der Waals surface area contributed by atoms with Gasteiger partial charge in [0.1, 0.15) is 5.75 Å². The van der Waals surface area contributed by atoms with Crippen LogP contribution in [0, 0.1) is 5.92 Å². The van der Waals surface area contributed by atoms with Crippen molar-refractivity contribution in [3.05, 3.63) is 23.3 Å². The number of phenols is 1. The number of phenolic OH excluding ortho intramolecular Hbond substituents is 1. The van der Waals surface area contributed by atoms with Crippen LogP contribution in [0.15, 0.2) is 12.1 Å². The lowest BCUT2D eigenvalue weighted by atomic mass is 9.88. The molecule has 4 heteroatoms. The molecule has 2 rings (SSSR count). The van der Waals surface area contributed by atoms with E-state index in [1.54, 1.807) is 11.0 Å². The van der Waals surface area contributed by atoms with Crippen LogP contribution in [0.1, 0.15) is 31.4 Å². The Balaban J connectivity index is 2.54. The van der Waals surface area contributed by atoms with E-state index in [9.17, 15) is 9.90 Å². The maximum Gasteiger partial charge on any atom is 0.230 e. The quantitative estimate of drug-likeness (QED) is 0.857. The minimum Gasteiger partial charge on any atom is -0.507 e. The summed E-state index contributed by atoms with van der Waals surface area (Å²) in [6.07, 6.45) is 1.40. The average molecular weight is 248 g/mol. The second-order valence-corrected chi connectivity index (χ2v) is 4.67. The average Bonchev–Trinajstić information content (AvgIpc) is 2.39. The second kappa shape index (κ2) is 4.98. The van der Waals surface area contributed by atoms with Gasteiger partial charge in [0.15, 0.2) is 0 Å². The maximum atomic E-state index is 12.2. The van der Waals surface area contributed by atoms with Gasteiger partial charge in [-0.2, -0.15) is 0 Å². The van der Waals surface area contributed by atoms with Crippen LogP contribution in [0.2, 0.25) is 0 Å². The monoisotopic (exact) mass is 248 g/mol. The Bertz CT molecular complexity index is 471. The topological polar surface area (TPSA) is 66.6 Å². The van der Waals surface area contributed by atoms with Gasteiger partial charge in [0.2, 0.25) is 5.91 Å². The third kappa shape index (κ3) is 1.86. The molecule has 1 aliphatic heterocycles. The Labute approximate surface area is 107 Å². The number of rotatable bonds is 3. The van der Waals surface area contributed by atoms with Crippen molar-refractivity contribution in [2.75, 3.05) is 11.4 Å². The van der Waals surface area contributed by atoms with Crippen LogP contribution in [0.25, 0.3) is 0 Å². The number of hydrogen-bond acceptors (Lipinski definition) is 3. The van der Waals surface area contributed by atoms with Crippen molar-refractivity contribution in [3.8, 4) is 5.75 Å². The molecule has 0 saturated heterocycles. The Morgan fingerprint density at radius 1 is 1.44 bits per heavy atom. The molecular formula is C14H20N2O2. The van der Waals surface area contributed by atoms with Gasteiger partial charge in [0.25, 0.3) is 0 Å². The first-order valence-electron chi connectivity index (χ1n) is 6.49. The Kier molecular flexibility index (Phi) is 3.57. The summed E-state index contributed by atoms with van der Waals surface area (Å²) in [6, 6.07) is 3.70. The lowest BCUT2D eigenvalue weighted by Crippen LogP contribution is -2.41. The highest BCUT2D eigenvalue weighted by Crippen LogP contribution is 2.38. The van der Waals surface area contributed by atoms with E-state index in [0.29, 0.717) is 19.5 Å². The van der Waals surface area contributed by atoms with E-state index >= 15 is 0 Å². The van der Waals surface area contributed by atoms with Crippen molar-refractivity contribution >= 4 is 11.6 Å². The SMILES string of the molecule is CCC1Cc2c(ccc(CN)c2O)N(CC)C1=O. The molecule has 18 heavy (non-hydrogen) atoms. The molecule has 1 amide bonds. The Morgan fingerprint density at radius 2 is 2.17 bits per heavy atom. The fourth-order valence-corrected chi connectivity index (χ4v) is 2.61. The maximum absolute atomic E-state index is 12.2. The molecule has 0 fully saturated rings. The molecule has 1 aromatic rings. The zero-order valence-corrected chi connectivity index (χ0v) is 10.9. The molecule has 0 saturated carbocycles. The van der Waals surface area contributed by atoms with Crippen molar-refractivity contribution in [1.29, 1.82) is 0 Å². The highest BCUT2D eigenvalue weighted by Gasteiger charge is 2.32. The lowest BCUT2D eigenvalue weighted by Gasteiger charge is -2.34. The van der Waals surface area contributed by atoms with Crippen LogP contribution in [0.3, 0.4) is 0 Å². The Morgan fingerprint density at radius 3 is 2.72 bits per heavy atom. The van der Waals surface area contributed by atoms with Crippen LogP contribution in [-0.2, 0) is 17.8 Å². The first-order chi connectivity index (χ1) is 8.63. The zero-order valence-electron chi connectivity index (χ0n) is 10.9. The van der Waals surface area contributed by atoms with Crippen LogP contribution >= 0.6 is 0 Å². The van der Waals surface area contributed by atoms with Gasteiger partial charge in [0, 0.05) is 30.1 Å². The standard InChI is InChI=1S/C14H20N2O2/c1-3-9-7-11-12(16(4-2)14(9)18)6-5-10(8-15)13(11)17/h5-6,9,17H,3-4,7-8,15H2,1-2H3. The molecule has 1 atom stereocenters. The van der Waals surface area contributed by atoms with Crippen molar-refractivity contribution < 1.29 is 9.90 Å². The van der Waals surface area contributed by atoms with Crippen molar-refractivity contribution in [2.45, 2.75) is 33.2 Å². The van der Waals surface area contributed by atoms with Gasteiger partial charge in [-0.15, -0.1) is 0 Å². The van der Waals surface area contributed by atoms with E-state index in [-0.39, 0.29) is 17.6 Å². The molecule has 0 aliphatic carbocycles. The van der Waals surface area contributed by atoms with Gasteiger partial charge in [-0.25, -0.2) is 0 Å². The summed E-state index contributed by atoms with van der Waals surface area (Å²) < 4.78 is 0. The van der Waals surface area contributed by atoms with Gasteiger partial charge in [-0.1, -0.05) is 13.0 Å². The minimum atomic E-state index is -0.0311. The first kappa shape index (κ1) is 12.9. The minimum absolute atomic E-state index is 0.0311. The number of carbonyl (C=O) groups excluding carboxylic acids is 1. The molecule has 1 aromatic carbocycles. The van der Waals surface area contributed by atoms with Crippen molar-refractivity contribution in [1.82, 2.24) is 0 Å². The summed E-state index contributed by atoms with van der Waals surface area (Å²) >= 11 is 0. The fourth-order valence-electron chi connectivity index (χ4n) is 2.61. The number of hydrogen-bond donors (Lipinski definition) is 2. The molecule has 0 aromatic heterocycles. The molecular weight excluding hydrogens is 228 g/mol. The number of fused-ring (bicyclic) bond motifs is 1.